The Bertz CT molecular complexity index is 276. The summed E-state index contributed by atoms with van der Waals surface area (Å²) in [5, 5.41) is 8.88. The lowest BCUT2D eigenvalue weighted by atomic mass is 10.3. The molecule has 1 heterocycles. The average Bonchev–Trinajstić information content (AvgIpc) is 2.65. The van der Waals surface area contributed by atoms with E-state index < -0.39 is 0 Å². The van der Waals surface area contributed by atoms with Gasteiger partial charge in [-0.2, -0.15) is 0 Å². The first-order valence-corrected chi connectivity index (χ1v) is 7.19. The van der Waals surface area contributed by atoms with Crippen LogP contribution < -0.4 is 16.0 Å². The van der Waals surface area contributed by atoms with Crippen LogP contribution >= 0.6 is 0 Å². The smallest absolute Gasteiger partial charge is 0.234 e. The summed E-state index contributed by atoms with van der Waals surface area (Å²) in [6, 6.07) is 0. The second-order valence-corrected chi connectivity index (χ2v) is 4.83. The van der Waals surface area contributed by atoms with Gasteiger partial charge in [0, 0.05) is 32.6 Å². The molecule has 1 rings (SSSR count). The predicted octanol–water partition coefficient (Wildman–Crippen LogP) is -0.686. The Kier molecular flexibility index (Phi) is 8.16. The minimum atomic E-state index is 0.00104. The van der Waals surface area contributed by atoms with Crippen LogP contribution in [-0.4, -0.2) is 62.5 Å². The lowest BCUT2D eigenvalue weighted by Gasteiger charge is -2.18. The van der Waals surface area contributed by atoms with E-state index in [1.54, 1.807) is 0 Å². The van der Waals surface area contributed by atoms with Crippen molar-refractivity contribution in [3.8, 4) is 0 Å². The first kappa shape index (κ1) is 15.9. The Morgan fingerprint density at radius 1 is 1.11 bits per heavy atom. The third-order valence-corrected chi connectivity index (χ3v) is 3.05. The van der Waals surface area contributed by atoms with Gasteiger partial charge in [-0.1, -0.05) is 6.92 Å². The maximum absolute atomic E-state index is 11.7. The second-order valence-electron chi connectivity index (χ2n) is 4.83. The summed E-state index contributed by atoms with van der Waals surface area (Å²) in [7, 11) is 0. The Hall–Kier alpha value is -1.14. The van der Waals surface area contributed by atoms with Crippen molar-refractivity contribution in [3.05, 3.63) is 0 Å². The van der Waals surface area contributed by atoms with Crippen LogP contribution in [-0.2, 0) is 9.59 Å². The van der Waals surface area contributed by atoms with Crippen molar-refractivity contribution in [1.29, 1.82) is 0 Å². The van der Waals surface area contributed by atoms with E-state index >= 15 is 0 Å². The van der Waals surface area contributed by atoms with Crippen LogP contribution in [0.2, 0.25) is 0 Å². The zero-order valence-corrected chi connectivity index (χ0v) is 11.8. The van der Waals surface area contributed by atoms with Gasteiger partial charge < -0.3 is 16.0 Å². The molecule has 0 atom stereocenters. The lowest BCUT2D eigenvalue weighted by Crippen LogP contribution is -2.40. The van der Waals surface area contributed by atoms with Gasteiger partial charge in [0.15, 0.2) is 0 Å². The fourth-order valence-electron chi connectivity index (χ4n) is 1.99. The van der Waals surface area contributed by atoms with Crippen LogP contribution in [0.3, 0.4) is 0 Å². The van der Waals surface area contributed by atoms with E-state index in [1.165, 1.54) is 0 Å². The lowest BCUT2D eigenvalue weighted by molar-refractivity contribution is -0.123. The number of carbonyl (C=O) groups excluding carboxylic acids is 2. The van der Waals surface area contributed by atoms with Crippen molar-refractivity contribution in [2.24, 2.45) is 0 Å². The fraction of sp³-hybridized carbons (Fsp3) is 0.846. The van der Waals surface area contributed by atoms with E-state index in [0.29, 0.717) is 26.1 Å². The Morgan fingerprint density at radius 3 is 2.68 bits per heavy atom. The second kappa shape index (κ2) is 9.75. The van der Waals surface area contributed by atoms with Crippen molar-refractivity contribution in [3.63, 3.8) is 0 Å². The molecule has 0 aliphatic carbocycles. The topological polar surface area (TPSA) is 73.5 Å². The van der Waals surface area contributed by atoms with Crippen LogP contribution in [0.4, 0.5) is 0 Å². The molecule has 19 heavy (non-hydrogen) atoms. The molecule has 6 nitrogen and oxygen atoms in total. The number of nitrogens with zero attached hydrogens (tertiary/aromatic N) is 1. The number of hydrogen-bond donors (Lipinski definition) is 3. The molecule has 0 spiro atoms. The largest absolute Gasteiger partial charge is 0.356 e. The Morgan fingerprint density at radius 2 is 1.89 bits per heavy atom. The van der Waals surface area contributed by atoms with Gasteiger partial charge in [-0.3, -0.25) is 14.5 Å². The summed E-state index contributed by atoms with van der Waals surface area (Å²) >= 11 is 0. The average molecular weight is 270 g/mol. The number of amides is 2. The van der Waals surface area contributed by atoms with E-state index in [2.05, 4.69) is 20.9 Å². The molecule has 0 aromatic carbocycles. The van der Waals surface area contributed by atoms with Crippen molar-refractivity contribution < 1.29 is 9.59 Å². The predicted molar refractivity (Wildman–Crippen MR) is 74.9 cm³/mol. The molecule has 0 saturated carbocycles. The van der Waals surface area contributed by atoms with E-state index in [0.717, 1.165) is 39.0 Å². The molecule has 0 radical (unpaired) electrons. The third kappa shape index (κ3) is 7.79. The molecule has 0 unspecified atom stereocenters. The van der Waals surface area contributed by atoms with Crippen LogP contribution in [0.25, 0.3) is 0 Å². The normalized spacial score (nSPS) is 16.7. The van der Waals surface area contributed by atoms with Gasteiger partial charge in [-0.25, -0.2) is 0 Å². The molecule has 2 amide bonds. The van der Waals surface area contributed by atoms with Gasteiger partial charge in [-0.15, -0.1) is 0 Å². The Labute approximate surface area is 115 Å². The van der Waals surface area contributed by atoms with Gasteiger partial charge >= 0.3 is 0 Å². The maximum Gasteiger partial charge on any atom is 0.234 e. The summed E-state index contributed by atoms with van der Waals surface area (Å²) in [4.78, 5) is 25.2. The zero-order chi connectivity index (χ0) is 13.9. The third-order valence-electron chi connectivity index (χ3n) is 3.05. The number of nitrogens with one attached hydrogen (secondary N) is 3. The molecular weight excluding hydrogens is 244 g/mol. The molecule has 6 heteroatoms. The van der Waals surface area contributed by atoms with Gasteiger partial charge in [-0.05, 0) is 25.9 Å². The zero-order valence-electron chi connectivity index (χ0n) is 11.8. The summed E-state index contributed by atoms with van der Waals surface area (Å²) in [5.41, 5.74) is 0. The minimum absolute atomic E-state index is 0.00104. The van der Waals surface area contributed by atoms with Crippen LogP contribution in [0.15, 0.2) is 0 Å². The molecular formula is C13H26N4O2. The van der Waals surface area contributed by atoms with E-state index in [9.17, 15) is 9.59 Å². The first-order chi connectivity index (χ1) is 9.22. The Balaban J connectivity index is 2.08. The van der Waals surface area contributed by atoms with Crippen molar-refractivity contribution in [2.75, 3.05) is 45.8 Å². The molecule has 0 bridgehead atoms. The van der Waals surface area contributed by atoms with Gasteiger partial charge in [0.25, 0.3) is 0 Å². The summed E-state index contributed by atoms with van der Waals surface area (Å²) < 4.78 is 0. The molecule has 0 aromatic heterocycles. The maximum atomic E-state index is 11.7. The highest BCUT2D eigenvalue weighted by Crippen LogP contribution is 1.94. The van der Waals surface area contributed by atoms with Crippen LogP contribution in [0.5, 0.6) is 0 Å². The van der Waals surface area contributed by atoms with Gasteiger partial charge in [0.05, 0.1) is 6.54 Å². The fourth-order valence-corrected chi connectivity index (χ4v) is 1.99. The van der Waals surface area contributed by atoms with Crippen molar-refractivity contribution in [2.45, 2.75) is 26.2 Å². The number of carbonyl (C=O) groups is 2. The quantitative estimate of drug-likeness (QED) is 0.573. The highest BCUT2D eigenvalue weighted by atomic mass is 16.2. The van der Waals surface area contributed by atoms with E-state index in [4.69, 9.17) is 0 Å². The molecule has 3 N–H and O–H groups in total. The molecule has 1 aliphatic rings. The van der Waals surface area contributed by atoms with E-state index in [-0.39, 0.29) is 11.8 Å². The minimum Gasteiger partial charge on any atom is -0.356 e. The highest BCUT2D eigenvalue weighted by Gasteiger charge is 2.12. The summed E-state index contributed by atoms with van der Waals surface area (Å²) in [5.74, 6) is 0.00585. The number of rotatable bonds is 7. The molecule has 1 fully saturated rings. The van der Waals surface area contributed by atoms with Gasteiger partial charge in [0.2, 0.25) is 11.8 Å². The summed E-state index contributed by atoms with van der Waals surface area (Å²) in [6.07, 6.45) is 2.36. The monoisotopic (exact) mass is 270 g/mol. The van der Waals surface area contributed by atoms with Crippen LogP contribution in [0, 0.1) is 0 Å². The molecule has 1 saturated heterocycles. The van der Waals surface area contributed by atoms with Crippen molar-refractivity contribution in [1.82, 2.24) is 20.9 Å². The van der Waals surface area contributed by atoms with Crippen molar-refractivity contribution >= 4 is 11.8 Å². The summed E-state index contributed by atoms with van der Waals surface area (Å²) in [6.45, 7) is 7.38. The molecule has 0 aromatic rings. The highest BCUT2D eigenvalue weighted by molar-refractivity contribution is 5.80. The molecule has 110 valence electrons. The molecule has 1 aliphatic heterocycles. The van der Waals surface area contributed by atoms with E-state index in [1.807, 2.05) is 6.92 Å². The van der Waals surface area contributed by atoms with Gasteiger partial charge in [0.1, 0.15) is 0 Å². The standard InChI is InChI=1S/C13H26N4O2/c1-2-5-15-12(18)4-7-16-13(19)11-17-9-3-6-14-8-10-17/h14H,2-11H2,1H3,(H,15,18)(H,16,19). The number of hydrogen-bond acceptors (Lipinski definition) is 4. The SMILES string of the molecule is CCCNC(=O)CCNC(=O)CN1CCCNCC1. The first-order valence-electron chi connectivity index (χ1n) is 7.19. The van der Waals surface area contributed by atoms with Crippen LogP contribution in [0.1, 0.15) is 26.2 Å².